The second-order valence-electron chi connectivity index (χ2n) is 3.83. The number of aliphatic carboxylic acids is 1. The molecule has 5 N–H and O–H groups in total. The summed E-state index contributed by atoms with van der Waals surface area (Å²) in [6.07, 6.45) is 0. The van der Waals surface area contributed by atoms with E-state index in [4.69, 9.17) is 15.6 Å². The average Bonchev–Trinajstić information content (AvgIpc) is 2.65. The maximum Gasteiger partial charge on any atom is 0.315 e. The van der Waals surface area contributed by atoms with E-state index in [9.17, 15) is 14.4 Å². The van der Waals surface area contributed by atoms with Crippen LogP contribution in [0.4, 0.5) is 4.79 Å². The summed E-state index contributed by atoms with van der Waals surface area (Å²) in [5.41, 5.74) is 4.97. The van der Waals surface area contributed by atoms with Crippen molar-refractivity contribution in [3.8, 4) is 0 Å². The van der Waals surface area contributed by atoms with Gasteiger partial charge in [-0.1, -0.05) is 0 Å². The van der Waals surface area contributed by atoms with Gasteiger partial charge in [-0.15, -0.1) is 0 Å². The van der Waals surface area contributed by atoms with E-state index in [0.717, 1.165) is 0 Å². The van der Waals surface area contributed by atoms with Gasteiger partial charge in [0.1, 0.15) is 12.0 Å². The predicted octanol–water partition coefficient (Wildman–Crippen LogP) is -1.74. The fourth-order valence-electron chi connectivity index (χ4n) is 1.42. The van der Waals surface area contributed by atoms with E-state index in [1.807, 2.05) is 0 Å². The molecule has 1 rings (SSSR count). The first-order valence-electron chi connectivity index (χ1n) is 5.08. The standard InChI is InChI=1S/C9H15N3O5/c1-4(7(10)13)11-9(16)12-6-3-17-2-5(6)8(14)15/h4-6H,2-3H2,1H3,(H2,10,13)(H,14,15)(H2,11,12,16). The van der Waals surface area contributed by atoms with Gasteiger partial charge in [0.15, 0.2) is 0 Å². The number of carbonyl (C=O) groups excluding carboxylic acids is 2. The number of ether oxygens (including phenoxy) is 1. The Morgan fingerprint density at radius 3 is 2.59 bits per heavy atom. The highest BCUT2D eigenvalue weighted by Crippen LogP contribution is 2.13. The molecule has 8 nitrogen and oxygen atoms in total. The topological polar surface area (TPSA) is 131 Å². The molecule has 0 saturated carbocycles. The maximum atomic E-state index is 11.4. The van der Waals surface area contributed by atoms with Crippen LogP contribution in [0.25, 0.3) is 0 Å². The maximum absolute atomic E-state index is 11.4. The Hall–Kier alpha value is -1.83. The summed E-state index contributed by atoms with van der Waals surface area (Å²) >= 11 is 0. The van der Waals surface area contributed by atoms with Crippen LogP contribution in [-0.2, 0) is 14.3 Å². The van der Waals surface area contributed by atoms with E-state index in [-0.39, 0.29) is 13.2 Å². The minimum absolute atomic E-state index is 0.0612. The molecule has 0 aromatic carbocycles. The summed E-state index contributed by atoms with van der Waals surface area (Å²) in [4.78, 5) is 32.9. The predicted molar refractivity (Wildman–Crippen MR) is 56.1 cm³/mol. The number of nitrogens with two attached hydrogens (primary N) is 1. The van der Waals surface area contributed by atoms with E-state index in [2.05, 4.69) is 10.6 Å². The molecule has 17 heavy (non-hydrogen) atoms. The molecule has 0 aromatic heterocycles. The number of urea groups is 1. The molecule has 1 aliphatic heterocycles. The molecule has 0 radical (unpaired) electrons. The van der Waals surface area contributed by atoms with E-state index in [1.54, 1.807) is 0 Å². The molecule has 1 fully saturated rings. The monoisotopic (exact) mass is 245 g/mol. The number of amides is 3. The largest absolute Gasteiger partial charge is 0.481 e. The average molecular weight is 245 g/mol. The van der Waals surface area contributed by atoms with Crippen molar-refractivity contribution in [2.45, 2.75) is 19.0 Å². The molecule has 96 valence electrons. The van der Waals surface area contributed by atoms with Crippen molar-refractivity contribution < 1.29 is 24.2 Å². The first-order chi connectivity index (χ1) is 7.91. The second-order valence-corrected chi connectivity index (χ2v) is 3.83. The zero-order chi connectivity index (χ0) is 13.0. The number of nitrogens with one attached hydrogen (secondary N) is 2. The summed E-state index contributed by atoms with van der Waals surface area (Å²) < 4.78 is 4.97. The highest BCUT2D eigenvalue weighted by molar-refractivity contribution is 5.85. The van der Waals surface area contributed by atoms with Crippen LogP contribution in [-0.4, -0.2) is 48.3 Å². The van der Waals surface area contributed by atoms with Crippen molar-refractivity contribution in [3.63, 3.8) is 0 Å². The Labute approximate surface area is 97.5 Å². The van der Waals surface area contributed by atoms with Crippen LogP contribution in [0.5, 0.6) is 0 Å². The Morgan fingerprint density at radius 2 is 2.06 bits per heavy atom. The molecular formula is C9H15N3O5. The Kier molecular flexibility index (Phi) is 4.27. The zero-order valence-corrected chi connectivity index (χ0v) is 9.30. The summed E-state index contributed by atoms with van der Waals surface area (Å²) in [6.45, 7) is 1.63. The van der Waals surface area contributed by atoms with E-state index in [1.165, 1.54) is 6.92 Å². The third-order valence-corrected chi connectivity index (χ3v) is 2.49. The molecule has 0 aromatic rings. The lowest BCUT2D eigenvalue weighted by Crippen LogP contribution is -2.52. The van der Waals surface area contributed by atoms with Crippen molar-refractivity contribution in [3.05, 3.63) is 0 Å². The number of carboxylic acids is 1. The fourth-order valence-corrected chi connectivity index (χ4v) is 1.42. The highest BCUT2D eigenvalue weighted by atomic mass is 16.5. The van der Waals surface area contributed by atoms with Crippen LogP contribution in [0.3, 0.4) is 0 Å². The van der Waals surface area contributed by atoms with Crippen molar-refractivity contribution in [1.82, 2.24) is 10.6 Å². The smallest absolute Gasteiger partial charge is 0.315 e. The van der Waals surface area contributed by atoms with Crippen LogP contribution >= 0.6 is 0 Å². The van der Waals surface area contributed by atoms with Gasteiger partial charge in [0.2, 0.25) is 5.91 Å². The van der Waals surface area contributed by atoms with Gasteiger partial charge in [-0.2, -0.15) is 0 Å². The van der Waals surface area contributed by atoms with Crippen LogP contribution < -0.4 is 16.4 Å². The van der Waals surface area contributed by atoms with Crippen molar-refractivity contribution in [2.75, 3.05) is 13.2 Å². The minimum Gasteiger partial charge on any atom is -0.481 e. The van der Waals surface area contributed by atoms with Crippen LogP contribution in [0.2, 0.25) is 0 Å². The number of carboxylic acid groups (broad SMARTS) is 1. The third kappa shape index (κ3) is 3.59. The van der Waals surface area contributed by atoms with Crippen molar-refractivity contribution in [1.29, 1.82) is 0 Å². The third-order valence-electron chi connectivity index (χ3n) is 2.49. The first-order valence-corrected chi connectivity index (χ1v) is 5.08. The van der Waals surface area contributed by atoms with E-state index >= 15 is 0 Å². The van der Waals surface area contributed by atoms with Gasteiger partial charge in [-0.05, 0) is 6.92 Å². The van der Waals surface area contributed by atoms with E-state index < -0.39 is 35.9 Å². The molecule has 0 bridgehead atoms. The number of hydrogen-bond donors (Lipinski definition) is 4. The van der Waals surface area contributed by atoms with Gasteiger partial charge >= 0.3 is 12.0 Å². The molecular weight excluding hydrogens is 230 g/mol. The van der Waals surface area contributed by atoms with Crippen LogP contribution in [0.1, 0.15) is 6.92 Å². The summed E-state index contributed by atoms with van der Waals surface area (Å²) in [5, 5.41) is 13.6. The molecule has 1 aliphatic rings. The lowest BCUT2D eigenvalue weighted by molar-refractivity contribution is -0.142. The molecule has 1 saturated heterocycles. The molecule has 1 heterocycles. The quantitative estimate of drug-likeness (QED) is 0.467. The SMILES string of the molecule is CC(NC(=O)NC1COCC1C(=O)O)C(N)=O. The van der Waals surface area contributed by atoms with Gasteiger partial charge in [0, 0.05) is 0 Å². The van der Waals surface area contributed by atoms with Gasteiger partial charge < -0.3 is 26.2 Å². The van der Waals surface area contributed by atoms with Crippen molar-refractivity contribution >= 4 is 17.9 Å². The van der Waals surface area contributed by atoms with Gasteiger partial charge in [-0.25, -0.2) is 4.79 Å². The van der Waals surface area contributed by atoms with Crippen LogP contribution in [0, 0.1) is 5.92 Å². The zero-order valence-electron chi connectivity index (χ0n) is 9.30. The normalized spacial score (nSPS) is 25.0. The van der Waals surface area contributed by atoms with Crippen LogP contribution in [0.15, 0.2) is 0 Å². The van der Waals surface area contributed by atoms with Gasteiger partial charge in [0.25, 0.3) is 0 Å². The number of carbonyl (C=O) groups is 3. The molecule has 0 spiro atoms. The summed E-state index contributed by atoms with van der Waals surface area (Å²) in [7, 11) is 0. The minimum atomic E-state index is -1.03. The number of hydrogen-bond acceptors (Lipinski definition) is 4. The van der Waals surface area contributed by atoms with Crippen molar-refractivity contribution in [2.24, 2.45) is 11.7 Å². The highest BCUT2D eigenvalue weighted by Gasteiger charge is 2.35. The molecule has 3 atom stereocenters. The Balaban J connectivity index is 2.45. The number of primary amides is 1. The number of rotatable bonds is 4. The lowest BCUT2D eigenvalue weighted by Gasteiger charge is -2.17. The fraction of sp³-hybridized carbons (Fsp3) is 0.667. The summed E-state index contributed by atoms with van der Waals surface area (Å²) in [6, 6.07) is -2.06. The molecule has 8 heteroatoms. The lowest BCUT2D eigenvalue weighted by atomic mass is 10.0. The summed E-state index contributed by atoms with van der Waals surface area (Å²) in [5.74, 6) is -2.47. The second kappa shape index (κ2) is 5.48. The van der Waals surface area contributed by atoms with Gasteiger partial charge in [-0.3, -0.25) is 9.59 Å². The van der Waals surface area contributed by atoms with E-state index in [0.29, 0.717) is 0 Å². The first kappa shape index (κ1) is 13.2. The Morgan fingerprint density at radius 1 is 1.41 bits per heavy atom. The molecule has 0 aliphatic carbocycles. The molecule has 3 amide bonds. The van der Waals surface area contributed by atoms with Gasteiger partial charge in [0.05, 0.1) is 19.3 Å². The molecule has 3 unspecified atom stereocenters. The Bertz CT molecular complexity index is 333.